The smallest absolute Gasteiger partial charge is 0.314 e. The Morgan fingerprint density at radius 3 is 1.73 bits per heavy atom. The van der Waals surface area contributed by atoms with Crippen LogP contribution in [0, 0.1) is 12.5 Å². The Hall–Kier alpha value is -3.69. The number of amides is 2. The molecule has 11 nitrogen and oxygen atoms in total. The third-order valence-corrected chi connectivity index (χ3v) is 14.7. The molecule has 0 bridgehead atoms. The molecule has 1 aliphatic heterocycles. The van der Waals surface area contributed by atoms with E-state index in [9.17, 15) is 4.79 Å². The van der Waals surface area contributed by atoms with Gasteiger partial charge in [-0.05, 0) is 87.9 Å². The normalized spacial score (nSPS) is 17.7. The fourth-order valence-electron chi connectivity index (χ4n) is 9.07. The summed E-state index contributed by atoms with van der Waals surface area (Å²) in [5.74, 6) is 1.22. The molecule has 13 heteroatoms. The zero-order valence-electron chi connectivity index (χ0n) is 41.9. The fourth-order valence-corrected chi connectivity index (χ4v) is 10.9. The molecule has 1 heterocycles. The van der Waals surface area contributed by atoms with E-state index >= 15 is 0 Å². The molecule has 2 amide bonds. The first-order valence-corrected chi connectivity index (χ1v) is 26.3. The van der Waals surface area contributed by atoms with Gasteiger partial charge in [0.1, 0.15) is 37.7 Å². The van der Waals surface area contributed by atoms with E-state index in [1.165, 1.54) is 70.6 Å². The minimum Gasteiger partial charge on any atom is -0.497 e. The SMILES string of the molecule is [B][C@@H]1O[C@H](COC(c2ccccc2)(c2ccc(OC)cc2)c2ccc(OC)cc2)C(OP(OCC[N+]#[C-])N(C(C)C)C(C)C)[C@@H]1CCCNC(=O)NCCCCCCCCCCCCCCC. The lowest BCUT2D eigenvalue weighted by Gasteiger charge is -2.39. The van der Waals surface area contributed by atoms with E-state index < -0.39 is 32.3 Å². The van der Waals surface area contributed by atoms with Gasteiger partial charge in [0, 0.05) is 37.1 Å². The second kappa shape index (κ2) is 31.4. The fraction of sp³-hybridized carbons (Fsp3) is 0.630. The standard InChI is InChI=1S/C54H82BN4O7P/c1-9-10-11-12-13-14-15-16-17-18-19-20-24-37-57-53(60)58-38-25-28-49-51(66-67(64-40-39-56-6)59(42(2)3)43(4)5)50(65-52(49)55)41-63-54(44-26-22-21-23-27-44,45-29-33-47(61-7)34-30-45)46-31-35-48(62-8)36-32-46/h21-23,26-27,29-36,42-43,49-52H,9-20,24-25,28,37-41H2,1-5,7-8H3,(H2,57,58,60)/t49-,50+,51?,52+,67?/m0/s1. The highest BCUT2D eigenvalue weighted by Crippen LogP contribution is 2.51. The van der Waals surface area contributed by atoms with Crippen LogP contribution in [0.1, 0.15) is 148 Å². The Kier molecular flexibility index (Phi) is 26.2. The van der Waals surface area contributed by atoms with Crippen molar-refractivity contribution >= 4 is 22.4 Å². The van der Waals surface area contributed by atoms with Crippen LogP contribution in [0.4, 0.5) is 4.79 Å². The van der Waals surface area contributed by atoms with Gasteiger partial charge in [0.05, 0.1) is 26.9 Å². The van der Waals surface area contributed by atoms with Crippen LogP contribution in [0.15, 0.2) is 78.9 Å². The average molecular weight is 941 g/mol. The summed E-state index contributed by atoms with van der Waals surface area (Å²) in [5.41, 5.74) is 1.64. The maximum Gasteiger partial charge on any atom is 0.314 e. The lowest BCUT2D eigenvalue weighted by molar-refractivity contribution is -0.0717. The number of methoxy groups -OCH3 is 2. The summed E-state index contributed by atoms with van der Waals surface area (Å²) in [6.07, 6.45) is 17.0. The third-order valence-electron chi connectivity index (χ3n) is 12.6. The molecule has 3 aromatic carbocycles. The van der Waals surface area contributed by atoms with E-state index in [-0.39, 0.29) is 43.8 Å². The summed E-state index contributed by atoms with van der Waals surface area (Å²) in [6.45, 7) is 19.9. The molecule has 67 heavy (non-hydrogen) atoms. The largest absolute Gasteiger partial charge is 0.497 e. The molecule has 4 rings (SSSR count). The van der Waals surface area contributed by atoms with E-state index in [2.05, 4.69) is 66.9 Å². The molecule has 1 saturated heterocycles. The molecule has 0 spiro atoms. The number of unbranched alkanes of at least 4 members (excludes halogenated alkanes) is 12. The first-order chi connectivity index (χ1) is 32.6. The van der Waals surface area contributed by atoms with Crippen molar-refractivity contribution in [2.75, 3.05) is 47.1 Å². The van der Waals surface area contributed by atoms with Crippen molar-refractivity contribution in [2.45, 2.75) is 167 Å². The Labute approximate surface area is 407 Å². The van der Waals surface area contributed by atoms with Gasteiger partial charge in [0.2, 0.25) is 6.54 Å². The number of hydrogen-bond acceptors (Lipinski definition) is 8. The van der Waals surface area contributed by atoms with Gasteiger partial charge in [-0.15, -0.1) is 0 Å². The van der Waals surface area contributed by atoms with Crippen LogP contribution >= 0.6 is 8.53 Å². The number of carbonyl (C=O) groups excluding carboxylic acids is 1. The maximum absolute atomic E-state index is 12.8. The lowest BCUT2D eigenvalue weighted by atomic mass is 9.79. The summed E-state index contributed by atoms with van der Waals surface area (Å²) >= 11 is 0. The molecule has 0 saturated carbocycles. The van der Waals surface area contributed by atoms with Crippen LogP contribution in [-0.2, 0) is 24.1 Å². The van der Waals surface area contributed by atoms with Crippen LogP contribution in [0.3, 0.4) is 0 Å². The molecule has 2 radical (unpaired) electrons. The molecule has 2 unspecified atom stereocenters. The van der Waals surface area contributed by atoms with Crippen molar-refractivity contribution < 1.29 is 32.8 Å². The molecule has 5 atom stereocenters. The second-order valence-corrected chi connectivity index (χ2v) is 19.7. The van der Waals surface area contributed by atoms with Crippen molar-refractivity contribution in [3.05, 3.63) is 107 Å². The molecule has 2 N–H and O–H groups in total. The second-order valence-electron chi connectivity index (χ2n) is 18.3. The number of hydrogen-bond donors (Lipinski definition) is 2. The number of benzene rings is 3. The van der Waals surface area contributed by atoms with Gasteiger partial charge in [0.25, 0.3) is 8.53 Å². The maximum atomic E-state index is 12.8. The van der Waals surface area contributed by atoms with Crippen LogP contribution in [0.5, 0.6) is 11.5 Å². The molecule has 1 fully saturated rings. The summed E-state index contributed by atoms with van der Waals surface area (Å²) < 4.78 is 41.0. The van der Waals surface area contributed by atoms with Gasteiger partial charge in [-0.3, -0.25) is 0 Å². The minimum atomic E-state index is -1.64. The average Bonchev–Trinajstić information content (AvgIpc) is 3.63. The van der Waals surface area contributed by atoms with E-state index in [4.69, 9.17) is 42.4 Å². The minimum absolute atomic E-state index is 0.0986. The van der Waals surface area contributed by atoms with Crippen LogP contribution in [0.2, 0.25) is 0 Å². The van der Waals surface area contributed by atoms with E-state index in [0.717, 1.165) is 41.0 Å². The lowest BCUT2D eigenvalue weighted by Crippen LogP contribution is -2.41. The van der Waals surface area contributed by atoms with E-state index in [0.29, 0.717) is 25.9 Å². The number of nitrogens with zero attached hydrogens (tertiary/aromatic N) is 2. The van der Waals surface area contributed by atoms with Crippen LogP contribution < -0.4 is 20.1 Å². The van der Waals surface area contributed by atoms with Crippen molar-refractivity contribution in [3.8, 4) is 11.5 Å². The highest BCUT2D eigenvalue weighted by Gasteiger charge is 2.48. The molecule has 0 aliphatic carbocycles. The number of ether oxygens (including phenoxy) is 4. The molecule has 368 valence electrons. The molecular weight excluding hydrogens is 858 g/mol. The van der Waals surface area contributed by atoms with Gasteiger partial charge in [-0.1, -0.05) is 139 Å². The van der Waals surface area contributed by atoms with Gasteiger partial charge in [-0.2, -0.15) is 0 Å². The number of rotatable bonds is 34. The highest BCUT2D eigenvalue weighted by atomic mass is 31.2. The predicted molar refractivity (Wildman–Crippen MR) is 274 cm³/mol. The van der Waals surface area contributed by atoms with Crippen molar-refractivity contribution in [1.29, 1.82) is 0 Å². The molecular formula is C54H82BN4O7P. The number of carbonyl (C=O) groups is 1. The first kappa shape index (κ1) is 55.9. The summed E-state index contributed by atoms with van der Waals surface area (Å²) in [4.78, 5) is 16.4. The molecule has 3 aromatic rings. The van der Waals surface area contributed by atoms with Gasteiger partial charge < -0.3 is 43.5 Å². The Balaban J connectivity index is 1.47. The van der Waals surface area contributed by atoms with E-state index in [1.54, 1.807) is 14.2 Å². The topological polar surface area (TPSA) is 104 Å². The van der Waals surface area contributed by atoms with Crippen LogP contribution in [0.25, 0.3) is 4.85 Å². The van der Waals surface area contributed by atoms with E-state index in [1.807, 2.05) is 66.7 Å². The summed E-state index contributed by atoms with van der Waals surface area (Å²) in [7, 11) is 8.60. The molecule has 0 aromatic heterocycles. The summed E-state index contributed by atoms with van der Waals surface area (Å²) in [6, 6.07) is 25.4. The molecule has 1 aliphatic rings. The Morgan fingerprint density at radius 1 is 0.746 bits per heavy atom. The monoisotopic (exact) mass is 941 g/mol. The first-order valence-electron chi connectivity index (χ1n) is 25.2. The van der Waals surface area contributed by atoms with Gasteiger partial charge in [-0.25, -0.2) is 16.0 Å². The third kappa shape index (κ3) is 18.0. The summed E-state index contributed by atoms with van der Waals surface area (Å²) in [5, 5.41) is 6.11. The quantitative estimate of drug-likeness (QED) is 0.0201. The van der Waals surface area contributed by atoms with Gasteiger partial charge >= 0.3 is 6.03 Å². The zero-order valence-corrected chi connectivity index (χ0v) is 42.8. The number of nitrogens with one attached hydrogen (secondary N) is 2. The Morgan fingerprint density at radius 2 is 1.24 bits per heavy atom. The highest BCUT2D eigenvalue weighted by molar-refractivity contribution is 7.44. The van der Waals surface area contributed by atoms with Crippen molar-refractivity contribution in [1.82, 2.24) is 15.3 Å². The Bertz CT molecular complexity index is 1760. The predicted octanol–water partition coefficient (Wildman–Crippen LogP) is 12.4. The van der Waals surface area contributed by atoms with Crippen LogP contribution in [-0.4, -0.2) is 95.9 Å². The van der Waals surface area contributed by atoms with Crippen molar-refractivity contribution in [3.63, 3.8) is 0 Å². The van der Waals surface area contributed by atoms with Gasteiger partial charge in [0.15, 0.2) is 0 Å². The van der Waals surface area contributed by atoms with Crippen molar-refractivity contribution in [2.24, 2.45) is 5.92 Å². The number of urea groups is 1. The zero-order chi connectivity index (χ0) is 48.3.